The maximum absolute atomic E-state index is 8.80. The van der Waals surface area contributed by atoms with Crippen LogP contribution in [0, 0.1) is 11.3 Å². The number of hydrogen-bond donors (Lipinski definition) is 1. The topological polar surface area (TPSA) is 39.1 Å². The van der Waals surface area contributed by atoms with E-state index in [4.69, 9.17) is 5.26 Å². The van der Waals surface area contributed by atoms with Crippen LogP contribution in [-0.2, 0) is 0 Å². The highest BCUT2D eigenvalue weighted by molar-refractivity contribution is 5.11. The van der Waals surface area contributed by atoms with Crippen molar-refractivity contribution in [1.82, 2.24) is 10.2 Å². The van der Waals surface area contributed by atoms with E-state index < -0.39 is 0 Å². The van der Waals surface area contributed by atoms with Crippen molar-refractivity contribution >= 4 is 0 Å². The highest BCUT2D eigenvalue weighted by Gasteiger charge is 2.34. The van der Waals surface area contributed by atoms with Gasteiger partial charge in [0.15, 0.2) is 0 Å². The van der Waals surface area contributed by atoms with Gasteiger partial charge in [-0.1, -0.05) is 0 Å². The van der Waals surface area contributed by atoms with E-state index in [1.807, 2.05) is 14.1 Å². The fourth-order valence-corrected chi connectivity index (χ4v) is 1.35. The molecule has 1 rings (SSSR count). The van der Waals surface area contributed by atoms with Gasteiger partial charge in [0.25, 0.3) is 0 Å². The van der Waals surface area contributed by atoms with Crippen LogP contribution >= 0.6 is 0 Å². The molecule has 1 aliphatic rings. The molecule has 3 heteroatoms. The van der Waals surface area contributed by atoms with Gasteiger partial charge in [-0.25, -0.2) is 0 Å². The largest absolute Gasteiger partial charge is 0.303 e. The fourth-order valence-electron chi connectivity index (χ4n) is 1.35. The summed E-state index contributed by atoms with van der Waals surface area (Å²) in [6, 6.07) is 2.30. The van der Waals surface area contributed by atoms with E-state index >= 15 is 0 Å². The third kappa shape index (κ3) is 1.13. The molecule has 1 N–H and O–H groups in total. The first-order valence-electron chi connectivity index (χ1n) is 3.51. The molecular weight excluding hydrogens is 126 g/mol. The van der Waals surface area contributed by atoms with Crippen LogP contribution in [0.5, 0.6) is 0 Å². The molecule has 1 saturated heterocycles. The Hall–Kier alpha value is -0.590. The van der Waals surface area contributed by atoms with Crippen LogP contribution in [0.25, 0.3) is 0 Å². The minimum absolute atomic E-state index is 0.269. The third-order valence-electron chi connectivity index (χ3n) is 2.15. The van der Waals surface area contributed by atoms with E-state index in [-0.39, 0.29) is 5.54 Å². The molecule has 0 aromatic carbocycles. The number of nitriles is 1. The smallest absolute Gasteiger partial charge is 0.120 e. The molecular formula is C7H13N3. The number of nitrogens with one attached hydrogen (secondary N) is 1. The molecule has 0 amide bonds. The summed E-state index contributed by atoms with van der Waals surface area (Å²) in [6.07, 6.45) is 0.941. The van der Waals surface area contributed by atoms with Crippen molar-refractivity contribution in [2.75, 3.05) is 27.2 Å². The van der Waals surface area contributed by atoms with Crippen molar-refractivity contribution in [3.8, 4) is 6.07 Å². The lowest BCUT2D eigenvalue weighted by atomic mass is 10.0. The molecule has 0 bridgehead atoms. The van der Waals surface area contributed by atoms with E-state index in [1.165, 1.54) is 0 Å². The molecule has 1 unspecified atom stereocenters. The summed E-state index contributed by atoms with van der Waals surface area (Å²) in [5.74, 6) is 0. The lowest BCUT2D eigenvalue weighted by Crippen LogP contribution is -2.43. The third-order valence-corrected chi connectivity index (χ3v) is 2.15. The average Bonchev–Trinajstić information content (AvgIpc) is 2.33. The number of likely N-dealkylation sites (N-methyl/N-ethyl adjacent to an activating group) is 2. The normalized spacial score (nSPS) is 34.1. The molecule has 56 valence electrons. The molecule has 1 heterocycles. The van der Waals surface area contributed by atoms with Crippen molar-refractivity contribution in [2.24, 2.45) is 0 Å². The molecule has 1 atom stereocenters. The second kappa shape index (κ2) is 2.57. The van der Waals surface area contributed by atoms with Gasteiger partial charge >= 0.3 is 0 Å². The summed E-state index contributed by atoms with van der Waals surface area (Å²) in [6.45, 7) is 1.87. The first-order valence-corrected chi connectivity index (χ1v) is 3.51. The molecule has 0 aromatic rings. The van der Waals surface area contributed by atoms with Gasteiger partial charge in [-0.2, -0.15) is 5.26 Å². The fraction of sp³-hybridized carbons (Fsp3) is 0.857. The van der Waals surface area contributed by atoms with Crippen LogP contribution in [0.15, 0.2) is 0 Å². The SMILES string of the molecule is CNC1(C#N)CCN(C)C1. The van der Waals surface area contributed by atoms with Crippen LogP contribution in [0.3, 0.4) is 0 Å². The summed E-state index contributed by atoms with van der Waals surface area (Å²) < 4.78 is 0. The van der Waals surface area contributed by atoms with Crippen molar-refractivity contribution in [3.63, 3.8) is 0 Å². The number of nitrogens with zero attached hydrogens (tertiary/aromatic N) is 2. The van der Waals surface area contributed by atoms with Crippen molar-refractivity contribution in [3.05, 3.63) is 0 Å². The molecule has 0 aromatic heterocycles. The predicted octanol–water partition coefficient (Wildman–Crippen LogP) is -0.196. The van der Waals surface area contributed by atoms with Crippen molar-refractivity contribution in [2.45, 2.75) is 12.0 Å². The van der Waals surface area contributed by atoms with E-state index in [0.29, 0.717) is 0 Å². The second-order valence-corrected chi connectivity index (χ2v) is 2.93. The Morgan fingerprint density at radius 1 is 1.70 bits per heavy atom. The highest BCUT2D eigenvalue weighted by Crippen LogP contribution is 2.17. The minimum atomic E-state index is -0.269. The zero-order chi connectivity index (χ0) is 7.61. The second-order valence-electron chi connectivity index (χ2n) is 2.93. The number of likely N-dealkylation sites (tertiary alicyclic amines) is 1. The quantitative estimate of drug-likeness (QED) is 0.547. The van der Waals surface area contributed by atoms with Gasteiger partial charge < -0.3 is 10.2 Å². The highest BCUT2D eigenvalue weighted by atomic mass is 15.2. The van der Waals surface area contributed by atoms with Gasteiger partial charge in [-0.3, -0.25) is 0 Å². The summed E-state index contributed by atoms with van der Waals surface area (Å²) in [5, 5.41) is 11.8. The molecule has 0 saturated carbocycles. The van der Waals surface area contributed by atoms with Crippen molar-refractivity contribution in [1.29, 1.82) is 5.26 Å². The summed E-state index contributed by atoms with van der Waals surface area (Å²) in [7, 11) is 3.89. The van der Waals surface area contributed by atoms with E-state index in [1.54, 1.807) is 0 Å². The molecule has 10 heavy (non-hydrogen) atoms. The molecule has 1 fully saturated rings. The molecule has 0 aliphatic carbocycles. The molecule has 0 radical (unpaired) electrons. The number of hydrogen-bond acceptors (Lipinski definition) is 3. The van der Waals surface area contributed by atoms with Crippen LogP contribution in [0.1, 0.15) is 6.42 Å². The van der Waals surface area contributed by atoms with Crippen molar-refractivity contribution < 1.29 is 0 Å². The van der Waals surface area contributed by atoms with E-state index in [2.05, 4.69) is 16.3 Å². The first kappa shape index (κ1) is 7.52. The van der Waals surface area contributed by atoms with Gasteiger partial charge in [0, 0.05) is 13.1 Å². The Kier molecular flexibility index (Phi) is 1.93. The predicted molar refractivity (Wildman–Crippen MR) is 39.5 cm³/mol. The van der Waals surface area contributed by atoms with Gasteiger partial charge in [0.1, 0.15) is 5.54 Å². The zero-order valence-electron chi connectivity index (χ0n) is 6.52. The summed E-state index contributed by atoms with van der Waals surface area (Å²) in [5.41, 5.74) is -0.269. The Bertz CT molecular complexity index is 161. The Morgan fingerprint density at radius 2 is 2.40 bits per heavy atom. The van der Waals surface area contributed by atoms with Crippen LogP contribution in [-0.4, -0.2) is 37.6 Å². The molecule has 1 aliphatic heterocycles. The maximum atomic E-state index is 8.80. The van der Waals surface area contributed by atoms with Gasteiger partial charge in [-0.05, 0) is 20.5 Å². The standard InChI is InChI=1S/C7H13N3/c1-9-7(5-8)3-4-10(2)6-7/h9H,3-4,6H2,1-2H3. The molecule has 3 nitrogen and oxygen atoms in total. The van der Waals surface area contributed by atoms with Crippen LogP contribution in [0.4, 0.5) is 0 Å². The Labute approximate surface area is 61.6 Å². The lowest BCUT2D eigenvalue weighted by Gasteiger charge is -2.18. The lowest BCUT2D eigenvalue weighted by molar-refractivity contribution is 0.377. The Morgan fingerprint density at radius 3 is 2.60 bits per heavy atom. The Balaban J connectivity index is 2.62. The monoisotopic (exact) mass is 139 g/mol. The summed E-state index contributed by atoms with van der Waals surface area (Å²) >= 11 is 0. The van der Waals surface area contributed by atoms with E-state index in [9.17, 15) is 0 Å². The van der Waals surface area contributed by atoms with Gasteiger partial charge in [0.05, 0.1) is 6.07 Å². The van der Waals surface area contributed by atoms with Gasteiger partial charge in [0.2, 0.25) is 0 Å². The zero-order valence-corrected chi connectivity index (χ0v) is 6.52. The maximum Gasteiger partial charge on any atom is 0.120 e. The number of rotatable bonds is 1. The summed E-state index contributed by atoms with van der Waals surface area (Å²) in [4.78, 5) is 2.17. The van der Waals surface area contributed by atoms with Crippen LogP contribution < -0.4 is 5.32 Å². The molecule has 0 spiro atoms. The first-order chi connectivity index (χ1) is 4.72. The average molecular weight is 139 g/mol. The van der Waals surface area contributed by atoms with Crippen LogP contribution in [0.2, 0.25) is 0 Å². The van der Waals surface area contributed by atoms with Gasteiger partial charge in [-0.15, -0.1) is 0 Å². The van der Waals surface area contributed by atoms with E-state index in [0.717, 1.165) is 19.5 Å². The minimum Gasteiger partial charge on any atom is -0.303 e.